The molecule has 0 amide bonds. The molecule has 0 radical (unpaired) electrons. The molecule has 1 aromatic rings. The van der Waals surface area contributed by atoms with Gasteiger partial charge in [-0.05, 0) is 37.0 Å². The van der Waals surface area contributed by atoms with Crippen LogP contribution >= 0.6 is 0 Å². The number of benzene rings is 1. The van der Waals surface area contributed by atoms with Gasteiger partial charge in [-0.25, -0.2) is 8.78 Å². The quantitative estimate of drug-likeness (QED) is 0.709. The molecule has 0 aliphatic heterocycles. The highest BCUT2D eigenvalue weighted by Gasteiger charge is 2.16. The van der Waals surface area contributed by atoms with Gasteiger partial charge in [-0.3, -0.25) is 0 Å². The highest BCUT2D eigenvalue weighted by Crippen LogP contribution is 2.33. The van der Waals surface area contributed by atoms with Crippen LogP contribution in [0.25, 0.3) is 0 Å². The van der Waals surface area contributed by atoms with Crippen molar-refractivity contribution in [1.82, 2.24) is 0 Å². The zero-order chi connectivity index (χ0) is 12.3. The van der Waals surface area contributed by atoms with Crippen LogP contribution in [0.15, 0.2) is 42.0 Å². The fourth-order valence-corrected chi connectivity index (χ4v) is 2.40. The van der Waals surface area contributed by atoms with Gasteiger partial charge in [0.05, 0.1) is 0 Å². The fraction of sp³-hybridized carbons (Fsp3) is 0.333. The van der Waals surface area contributed by atoms with E-state index in [9.17, 15) is 8.78 Å². The lowest BCUT2D eigenvalue weighted by Gasteiger charge is -2.20. The molecule has 0 heterocycles. The summed E-state index contributed by atoms with van der Waals surface area (Å²) >= 11 is 0. The second-order valence-electron chi connectivity index (χ2n) is 4.37. The summed E-state index contributed by atoms with van der Waals surface area (Å²) in [6.45, 7) is 2.05. The number of rotatable bonds is 3. The van der Waals surface area contributed by atoms with E-state index in [2.05, 4.69) is 12.2 Å². The van der Waals surface area contributed by atoms with Crippen molar-refractivity contribution in [3.05, 3.63) is 59.2 Å². The van der Waals surface area contributed by atoms with Gasteiger partial charge < -0.3 is 0 Å². The first-order valence-corrected chi connectivity index (χ1v) is 6.02. The summed E-state index contributed by atoms with van der Waals surface area (Å²) in [5.41, 5.74) is 2.01. The largest absolute Gasteiger partial charge is 0.207 e. The van der Waals surface area contributed by atoms with Crippen molar-refractivity contribution in [2.45, 2.75) is 32.1 Å². The number of hydrogen-bond acceptors (Lipinski definition) is 0. The van der Waals surface area contributed by atoms with Crippen molar-refractivity contribution in [2.24, 2.45) is 0 Å². The van der Waals surface area contributed by atoms with Gasteiger partial charge in [-0.1, -0.05) is 30.7 Å². The number of halogens is 2. The Labute approximate surface area is 101 Å². The molecular formula is C15H16F2. The summed E-state index contributed by atoms with van der Waals surface area (Å²) in [5, 5.41) is 0. The zero-order valence-electron chi connectivity index (χ0n) is 9.92. The van der Waals surface area contributed by atoms with Crippen LogP contribution in [0.3, 0.4) is 0 Å². The molecule has 1 aliphatic carbocycles. The second-order valence-corrected chi connectivity index (χ2v) is 4.37. The molecule has 1 aliphatic rings. The van der Waals surface area contributed by atoms with E-state index in [1.165, 1.54) is 17.7 Å². The Morgan fingerprint density at radius 3 is 2.41 bits per heavy atom. The molecule has 2 rings (SSSR count). The van der Waals surface area contributed by atoms with Gasteiger partial charge in [-0.2, -0.15) is 0 Å². The molecule has 0 bridgehead atoms. The standard InChI is InChI=1S/C15H16F2/c1-2-15(11-6-4-3-5-7-11)12-8-13(16)10-14(17)9-12/h3-4,6,8-10,15H,2,5,7H2,1H3. The van der Waals surface area contributed by atoms with E-state index in [0.29, 0.717) is 0 Å². The van der Waals surface area contributed by atoms with Gasteiger partial charge in [0.1, 0.15) is 11.6 Å². The summed E-state index contributed by atoms with van der Waals surface area (Å²) in [7, 11) is 0. The molecule has 0 fully saturated rings. The van der Waals surface area contributed by atoms with Gasteiger partial charge in [0, 0.05) is 12.0 Å². The number of hydrogen-bond donors (Lipinski definition) is 0. The molecule has 0 saturated heterocycles. The van der Waals surface area contributed by atoms with Crippen LogP contribution in [0, 0.1) is 11.6 Å². The molecule has 0 spiro atoms. The summed E-state index contributed by atoms with van der Waals surface area (Å²) in [6.07, 6.45) is 9.07. The van der Waals surface area contributed by atoms with Gasteiger partial charge in [-0.15, -0.1) is 0 Å². The monoisotopic (exact) mass is 234 g/mol. The lowest BCUT2D eigenvalue weighted by atomic mass is 9.84. The third-order valence-corrected chi connectivity index (χ3v) is 3.19. The van der Waals surface area contributed by atoms with E-state index in [-0.39, 0.29) is 5.92 Å². The van der Waals surface area contributed by atoms with Crippen molar-refractivity contribution in [2.75, 3.05) is 0 Å². The van der Waals surface area contributed by atoms with Gasteiger partial charge in [0.2, 0.25) is 0 Å². The molecule has 90 valence electrons. The van der Waals surface area contributed by atoms with Crippen LogP contribution in [-0.4, -0.2) is 0 Å². The maximum absolute atomic E-state index is 13.2. The minimum Gasteiger partial charge on any atom is -0.207 e. The summed E-state index contributed by atoms with van der Waals surface area (Å²) < 4.78 is 26.4. The highest BCUT2D eigenvalue weighted by molar-refractivity contribution is 5.33. The molecular weight excluding hydrogens is 218 g/mol. The Balaban J connectivity index is 2.34. The van der Waals surface area contributed by atoms with Crippen LogP contribution in [0.1, 0.15) is 37.7 Å². The first kappa shape index (κ1) is 12.0. The average Bonchev–Trinajstić information content (AvgIpc) is 2.30. The third-order valence-electron chi connectivity index (χ3n) is 3.19. The maximum atomic E-state index is 13.2. The molecule has 1 unspecified atom stereocenters. The molecule has 2 heteroatoms. The average molecular weight is 234 g/mol. The first-order chi connectivity index (χ1) is 8.20. The Bertz CT molecular complexity index is 438. The summed E-state index contributed by atoms with van der Waals surface area (Å²) in [4.78, 5) is 0. The fourth-order valence-electron chi connectivity index (χ4n) is 2.40. The molecule has 0 nitrogen and oxygen atoms in total. The first-order valence-electron chi connectivity index (χ1n) is 6.02. The lowest BCUT2D eigenvalue weighted by molar-refractivity contribution is 0.574. The minimum absolute atomic E-state index is 0.130. The van der Waals surface area contributed by atoms with Crippen LogP contribution < -0.4 is 0 Å². The molecule has 1 atom stereocenters. The summed E-state index contributed by atoms with van der Waals surface area (Å²) in [6, 6.07) is 3.80. The number of allylic oxidation sites excluding steroid dienone is 4. The topological polar surface area (TPSA) is 0 Å². The minimum atomic E-state index is -0.495. The third kappa shape index (κ3) is 2.82. The predicted octanol–water partition coefficient (Wildman–Crippen LogP) is 4.73. The second kappa shape index (κ2) is 5.26. The Kier molecular flexibility index (Phi) is 3.72. The van der Waals surface area contributed by atoms with Crippen molar-refractivity contribution in [3.63, 3.8) is 0 Å². The molecule has 17 heavy (non-hydrogen) atoms. The molecule has 0 saturated carbocycles. The van der Waals surface area contributed by atoms with E-state index < -0.39 is 11.6 Å². The Morgan fingerprint density at radius 2 is 1.88 bits per heavy atom. The zero-order valence-corrected chi connectivity index (χ0v) is 9.92. The Morgan fingerprint density at radius 1 is 1.18 bits per heavy atom. The predicted molar refractivity (Wildman–Crippen MR) is 65.8 cm³/mol. The molecule has 0 N–H and O–H groups in total. The lowest BCUT2D eigenvalue weighted by Crippen LogP contribution is -2.04. The van der Waals surface area contributed by atoms with Crippen molar-refractivity contribution in [1.29, 1.82) is 0 Å². The molecule has 0 aromatic heterocycles. The van der Waals surface area contributed by atoms with E-state index in [1.54, 1.807) is 0 Å². The Hall–Kier alpha value is -1.44. The van der Waals surface area contributed by atoms with Gasteiger partial charge in [0.25, 0.3) is 0 Å². The normalized spacial score (nSPS) is 16.8. The van der Waals surface area contributed by atoms with E-state index in [4.69, 9.17) is 0 Å². The highest BCUT2D eigenvalue weighted by atomic mass is 19.1. The van der Waals surface area contributed by atoms with Crippen molar-refractivity contribution in [3.8, 4) is 0 Å². The van der Waals surface area contributed by atoms with Gasteiger partial charge >= 0.3 is 0 Å². The van der Waals surface area contributed by atoms with Crippen molar-refractivity contribution >= 4 is 0 Å². The van der Waals surface area contributed by atoms with E-state index in [0.717, 1.165) is 30.9 Å². The van der Waals surface area contributed by atoms with Crippen LogP contribution in [0.4, 0.5) is 8.78 Å². The van der Waals surface area contributed by atoms with E-state index >= 15 is 0 Å². The van der Waals surface area contributed by atoms with Crippen LogP contribution in [0.5, 0.6) is 0 Å². The van der Waals surface area contributed by atoms with Crippen LogP contribution in [0.2, 0.25) is 0 Å². The smallest absolute Gasteiger partial charge is 0.126 e. The maximum Gasteiger partial charge on any atom is 0.126 e. The SMILES string of the molecule is CCC(C1=CC=CCC1)c1cc(F)cc(F)c1. The van der Waals surface area contributed by atoms with Gasteiger partial charge in [0.15, 0.2) is 0 Å². The summed E-state index contributed by atoms with van der Waals surface area (Å²) in [5.74, 6) is -0.860. The van der Waals surface area contributed by atoms with Crippen molar-refractivity contribution < 1.29 is 8.78 Å². The molecule has 1 aromatic carbocycles. The van der Waals surface area contributed by atoms with E-state index in [1.807, 2.05) is 13.0 Å². The van der Waals surface area contributed by atoms with Crippen LogP contribution in [-0.2, 0) is 0 Å².